The molecule has 4 heteroatoms. The van der Waals surface area contributed by atoms with Gasteiger partial charge in [-0.25, -0.2) is 0 Å². The van der Waals surface area contributed by atoms with Crippen LogP contribution in [0.5, 0.6) is 11.5 Å². The molecule has 0 bridgehead atoms. The number of nitrogens with two attached hydrogens (primary N) is 1. The molecule has 0 aliphatic carbocycles. The summed E-state index contributed by atoms with van der Waals surface area (Å²) < 4.78 is 11.5. The largest absolute Gasteiger partial charge is 0.496 e. The quantitative estimate of drug-likeness (QED) is 0.671. The van der Waals surface area contributed by atoms with Crippen LogP contribution in [0.2, 0.25) is 0 Å². The minimum atomic E-state index is 0.549. The van der Waals surface area contributed by atoms with Crippen LogP contribution in [0.25, 0.3) is 0 Å². The number of rotatable bonds is 5. The Balaban J connectivity index is 0.000000847. The summed E-state index contributed by atoms with van der Waals surface area (Å²) in [6.07, 6.45) is 2.30. The molecule has 2 aliphatic heterocycles. The number of unbranched alkanes of at least 4 members (excludes halogenated alkanes) is 1. The molecule has 2 N–H and O–H groups in total. The highest BCUT2D eigenvalue weighted by atomic mass is 16.5. The molecule has 1 saturated heterocycles. The first-order valence-corrected chi connectivity index (χ1v) is 8.05. The fourth-order valence-corrected chi connectivity index (χ4v) is 3.51. The lowest BCUT2D eigenvalue weighted by Crippen LogP contribution is -2.25. The van der Waals surface area contributed by atoms with Gasteiger partial charge >= 0.3 is 0 Å². The van der Waals surface area contributed by atoms with Crippen molar-refractivity contribution >= 4 is 0 Å². The van der Waals surface area contributed by atoms with E-state index in [1.165, 1.54) is 12.0 Å². The number of likely N-dealkylation sites (tertiary alicyclic amines) is 1. The monoisotopic (exact) mass is 304 g/mol. The van der Waals surface area contributed by atoms with Crippen molar-refractivity contribution in [2.75, 3.05) is 39.9 Å². The van der Waals surface area contributed by atoms with Gasteiger partial charge in [-0.05, 0) is 38.1 Å². The molecular formula is C18H28N2O2. The Labute approximate surface area is 133 Å². The molecule has 1 fully saturated rings. The molecule has 4 nitrogen and oxygen atoms in total. The zero-order chi connectivity index (χ0) is 15.9. The van der Waals surface area contributed by atoms with Gasteiger partial charge in [-0.2, -0.15) is 0 Å². The molecule has 22 heavy (non-hydrogen) atoms. The second-order valence-corrected chi connectivity index (χ2v) is 5.81. The molecule has 2 heterocycles. The number of hydrogen-bond donors (Lipinski definition) is 1. The highest BCUT2D eigenvalue weighted by Crippen LogP contribution is 2.45. The molecule has 0 aromatic heterocycles. The highest BCUT2D eigenvalue weighted by molar-refractivity contribution is 5.49. The third-order valence-electron chi connectivity index (χ3n) is 4.51. The van der Waals surface area contributed by atoms with Gasteiger partial charge in [0.1, 0.15) is 11.5 Å². The SMILES string of the molecule is C=C.COc1cccc2c1C1CN(CCCCN)CC1CO2. The van der Waals surface area contributed by atoms with Crippen LogP contribution in [-0.4, -0.2) is 44.8 Å². The Morgan fingerprint density at radius 2 is 2.14 bits per heavy atom. The molecule has 2 unspecified atom stereocenters. The van der Waals surface area contributed by atoms with Gasteiger partial charge in [0.05, 0.1) is 13.7 Å². The van der Waals surface area contributed by atoms with Crippen molar-refractivity contribution in [1.29, 1.82) is 0 Å². The van der Waals surface area contributed by atoms with Crippen LogP contribution in [0.1, 0.15) is 24.3 Å². The van der Waals surface area contributed by atoms with Crippen molar-refractivity contribution in [3.63, 3.8) is 0 Å². The Bertz CT molecular complexity index is 464. The average molecular weight is 304 g/mol. The van der Waals surface area contributed by atoms with Gasteiger partial charge in [-0.15, -0.1) is 13.2 Å². The number of ether oxygens (including phenoxy) is 2. The molecule has 0 spiro atoms. The van der Waals surface area contributed by atoms with Crippen LogP contribution in [0.4, 0.5) is 0 Å². The topological polar surface area (TPSA) is 47.7 Å². The molecule has 1 aromatic carbocycles. The smallest absolute Gasteiger partial charge is 0.126 e. The third-order valence-corrected chi connectivity index (χ3v) is 4.51. The van der Waals surface area contributed by atoms with Crippen molar-refractivity contribution < 1.29 is 9.47 Å². The first kappa shape index (κ1) is 16.8. The molecule has 1 aromatic rings. The fraction of sp³-hybridized carbons (Fsp3) is 0.556. The van der Waals surface area contributed by atoms with E-state index in [4.69, 9.17) is 15.2 Å². The molecule has 0 radical (unpaired) electrons. The van der Waals surface area contributed by atoms with E-state index >= 15 is 0 Å². The highest BCUT2D eigenvalue weighted by Gasteiger charge is 2.40. The molecule has 2 aliphatic rings. The maximum atomic E-state index is 5.93. The maximum absolute atomic E-state index is 5.93. The summed E-state index contributed by atoms with van der Waals surface area (Å²) in [5.41, 5.74) is 6.85. The normalized spacial score (nSPS) is 22.8. The van der Waals surface area contributed by atoms with E-state index in [2.05, 4.69) is 24.1 Å². The fourth-order valence-electron chi connectivity index (χ4n) is 3.51. The van der Waals surface area contributed by atoms with Crippen molar-refractivity contribution in [1.82, 2.24) is 4.90 Å². The maximum Gasteiger partial charge on any atom is 0.126 e. The van der Waals surface area contributed by atoms with Gasteiger partial charge in [0.25, 0.3) is 0 Å². The second kappa shape index (κ2) is 8.20. The minimum absolute atomic E-state index is 0.549. The molecule has 122 valence electrons. The van der Waals surface area contributed by atoms with Crippen LogP contribution < -0.4 is 15.2 Å². The number of fused-ring (bicyclic) bond motifs is 3. The van der Waals surface area contributed by atoms with E-state index in [1.54, 1.807) is 7.11 Å². The Kier molecular flexibility index (Phi) is 6.28. The number of benzene rings is 1. The lowest BCUT2D eigenvalue weighted by Gasteiger charge is -2.29. The molecule has 3 rings (SSSR count). The zero-order valence-corrected chi connectivity index (χ0v) is 13.6. The van der Waals surface area contributed by atoms with Gasteiger partial charge in [0, 0.05) is 30.5 Å². The van der Waals surface area contributed by atoms with Crippen LogP contribution >= 0.6 is 0 Å². The zero-order valence-electron chi connectivity index (χ0n) is 13.6. The summed E-state index contributed by atoms with van der Waals surface area (Å²) >= 11 is 0. The van der Waals surface area contributed by atoms with Crippen LogP contribution in [0.15, 0.2) is 31.4 Å². The van der Waals surface area contributed by atoms with Crippen molar-refractivity contribution in [3.8, 4) is 11.5 Å². The first-order valence-electron chi connectivity index (χ1n) is 8.05. The summed E-state index contributed by atoms with van der Waals surface area (Å²) in [6, 6.07) is 6.11. The van der Waals surface area contributed by atoms with E-state index in [1.807, 2.05) is 12.1 Å². The van der Waals surface area contributed by atoms with E-state index in [-0.39, 0.29) is 0 Å². The molecule has 0 saturated carbocycles. The number of hydrogen-bond acceptors (Lipinski definition) is 4. The summed E-state index contributed by atoms with van der Waals surface area (Å²) in [5, 5.41) is 0. The summed E-state index contributed by atoms with van der Waals surface area (Å²) in [4.78, 5) is 2.55. The van der Waals surface area contributed by atoms with E-state index in [9.17, 15) is 0 Å². The Morgan fingerprint density at radius 1 is 1.32 bits per heavy atom. The minimum Gasteiger partial charge on any atom is -0.496 e. The lowest BCUT2D eigenvalue weighted by atomic mass is 9.86. The van der Waals surface area contributed by atoms with Gasteiger partial charge < -0.3 is 20.1 Å². The number of nitrogens with zero attached hydrogens (tertiary/aromatic N) is 1. The second-order valence-electron chi connectivity index (χ2n) is 5.81. The van der Waals surface area contributed by atoms with Gasteiger partial charge in [-0.1, -0.05) is 6.07 Å². The van der Waals surface area contributed by atoms with Crippen molar-refractivity contribution in [2.45, 2.75) is 18.8 Å². The average Bonchev–Trinajstić information content (AvgIpc) is 2.99. The van der Waals surface area contributed by atoms with Gasteiger partial charge in [-0.3, -0.25) is 0 Å². The summed E-state index contributed by atoms with van der Waals surface area (Å²) in [6.45, 7) is 11.0. The van der Waals surface area contributed by atoms with E-state index < -0.39 is 0 Å². The predicted molar refractivity (Wildman–Crippen MR) is 90.7 cm³/mol. The summed E-state index contributed by atoms with van der Waals surface area (Å²) in [5.74, 6) is 3.12. The Morgan fingerprint density at radius 3 is 2.86 bits per heavy atom. The van der Waals surface area contributed by atoms with E-state index in [0.29, 0.717) is 11.8 Å². The lowest BCUT2D eigenvalue weighted by molar-refractivity contribution is 0.209. The van der Waals surface area contributed by atoms with Crippen LogP contribution in [0.3, 0.4) is 0 Å². The van der Waals surface area contributed by atoms with Crippen LogP contribution in [0, 0.1) is 5.92 Å². The van der Waals surface area contributed by atoms with Gasteiger partial charge in [0.2, 0.25) is 0 Å². The predicted octanol–water partition coefficient (Wildman–Crippen LogP) is 2.64. The standard InChI is InChI=1S/C16H24N2O2.C2H4/c1-19-14-5-4-6-15-16(14)13-10-18(8-3-2-7-17)9-12(13)11-20-15;1-2/h4-6,12-13H,2-3,7-11,17H2,1H3;1-2H2. The third kappa shape index (κ3) is 3.45. The Hall–Kier alpha value is -1.52. The van der Waals surface area contributed by atoms with E-state index in [0.717, 1.165) is 50.7 Å². The van der Waals surface area contributed by atoms with Gasteiger partial charge in [0.15, 0.2) is 0 Å². The van der Waals surface area contributed by atoms with Crippen molar-refractivity contribution in [3.05, 3.63) is 36.9 Å². The summed E-state index contributed by atoms with van der Waals surface area (Å²) in [7, 11) is 1.74. The first-order chi connectivity index (χ1) is 10.8. The molecule has 2 atom stereocenters. The molecule has 0 amide bonds. The number of methoxy groups -OCH3 is 1. The van der Waals surface area contributed by atoms with Crippen molar-refractivity contribution in [2.24, 2.45) is 11.7 Å². The molecular weight excluding hydrogens is 276 g/mol. The van der Waals surface area contributed by atoms with Crippen LogP contribution in [-0.2, 0) is 0 Å².